The van der Waals surface area contributed by atoms with Gasteiger partial charge in [-0.3, -0.25) is 0 Å². The number of hydrogen-bond donors (Lipinski definition) is 0. The van der Waals surface area contributed by atoms with Gasteiger partial charge >= 0.3 is 0 Å². The van der Waals surface area contributed by atoms with Crippen LogP contribution in [0.1, 0.15) is 10.6 Å². The van der Waals surface area contributed by atoms with E-state index in [2.05, 4.69) is 33.6 Å². The Bertz CT molecular complexity index is 973. The van der Waals surface area contributed by atoms with Gasteiger partial charge in [-0.05, 0) is 64.6 Å². The van der Waals surface area contributed by atoms with Crippen LogP contribution >= 0.6 is 57.1 Å². The quantitative estimate of drug-likeness (QED) is 0.304. The fraction of sp³-hybridized carbons (Fsp3) is 0. The molecule has 0 aliphatic heterocycles. The Kier molecular flexibility index (Phi) is 5.57. The molecule has 24 heavy (non-hydrogen) atoms. The van der Waals surface area contributed by atoms with Crippen LogP contribution in [0.15, 0.2) is 47.8 Å². The van der Waals surface area contributed by atoms with Crippen LogP contribution < -0.4 is 0 Å². The highest BCUT2D eigenvalue weighted by Crippen LogP contribution is 2.33. The first kappa shape index (κ1) is 17.4. The maximum atomic E-state index is 9.48. The minimum atomic E-state index is 0.526. The fourth-order valence-corrected chi connectivity index (χ4v) is 3.98. The van der Waals surface area contributed by atoms with E-state index >= 15 is 0 Å². The Balaban J connectivity index is 1.98. The zero-order chi connectivity index (χ0) is 17.1. The lowest BCUT2D eigenvalue weighted by Gasteiger charge is -2.01. The third-order valence-electron chi connectivity index (χ3n) is 3.22. The van der Waals surface area contributed by atoms with E-state index in [1.54, 1.807) is 12.1 Å². The van der Waals surface area contributed by atoms with E-state index in [9.17, 15) is 5.26 Å². The molecular formula is C18H9Cl2IN2S. The Morgan fingerprint density at radius 1 is 1.21 bits per heavy atom. The van der Waals surface area contributed by atoms with E-state index in [4.69, 9.17) is 23.2 Å². The van der Waals surface area contributed by atoms with Gasteiger partial charge in [-0.15, -0.1) is 11.3 Å². The van der Waals surface area contributed by atoms with Crippen molar-refractivity contribution >= 4 is 68.8 Å². The second-order valence-electron chi connectivity index (χ2n) is 4.89. The number of nitriles is 1. The number of aromatic nitrogens is 1. The van der Waals surface area contributed by atoms with Crippen LogP contribution in [-0.4, -0.2) is 4.98 Å². The van der Waals surface area contributed by atoms with Crippen molar-refractivity contribution in [3.05, 3.63) is 72.0 Å². The van der Waals surface area contributed by atoms with Gasteiger partial charge in [0.15, 0.2) is 0 Å². The van der Waals surface area contributed by atoms with Crippen molar-refractivity contribution in [3.8, 4) is 17.3 Å². The molecule has 0 fully saturated rings. The first-order valence-electron chi connectivity index (χ1n) is 6.85. The molecule has 0 unspecified atom stereocenters. The van der Waals surface area contributed by atoms with Gasteiger partial charge in [0.25, 0.3) is 0 Å². The van der Waals surface area contributed by atoms with Crippen LogP contribution in [0.4, 0.5) is 0 Å². The minimum Gasteiger partial charge on any atom is -0.235 e. The van der Waals surface area contributed by atoms with Crippen LogP contribution in [0.5, 0.6) is 0 Å². The lowest BCUT2D eigenvalue weighted by molar-refractivity contribution is 1.37. The number of allylic oxidation sites excluding steroid dienone is 1. The third-order valence-corrected chi connectivity index (χ3v) is 5.32. The van der Waals surface area contributed by atoms with Crippen LogP contribution in [0, 0.1) is 14.9 Å². The normalized spacial score (nSPS) is 11.3. The lowest BCUT2D eigenvalue weighted by Crippen LogP contribution is -1.84. The number of hydrogen-bond acceptors (Lipinski definition) is 3. The topological polar surface area (TPSA) is 36.7 Å². The van der Waals surface area contributed by atoms with Crippen LogP contribution in [-0.2, 0) is 0 Å². The Hall–Kier alpha value is -1.39. The number of halogens is 3. The van der Waals surface area contributed by atoms with Crippen molar-refractivity contribution in [3.63, 3.8) is 0 Å². The summed E-state index contributed by atoms with van der Waals surface area (Å²) in [6.07, 6.45) is 1.84. The van der Waals surface area contributed by atoms with E-state index in [1.165, 1.54) is 11.3 Å². The molecule has 2 aromatic carbocycles. The number of nitrogens with zero attached hydrogens (tertiary/aromatic N) is 2. The highest BCUT2D eigenvalue weighted by atomic mass is 127. The van der Waals surface area contributed by atoms with E-state index < -0.39 is 0 Å². The maximum absolute atomic E-state index is 9.48. The van der Waals surface area contributed by atoms with Crippen molar-refractivity contribution in [2.24, 2.45) is 0 Å². The van der Waals surface area contributed by atoms with Crippen molar-refractivity contribution in [1.82, 2.24) is 4.98 Å². The molecule has 0 N–H and O–H groups in total. The number of benzene rings is 2. The maximum Gasteiger partial charge on any atom is 0.134 e. The standard InChI is InChI=1S/C18H9Cl2IN2S/c19-13-4-5-15(16(20)8-13)17-10-24-18(23-17)12(9-22)6-11-2-1-3-14(21)7-11/h1-8,10H/b12-6-. The first-order chi connectivity index (χ1) is 11.6. The predicted molar refractivity (Wildman–Crippen MR) is 110 cm³/mol. The van der Waals surface area contributed by atoms with Gasteiger partial charge in [0.1, 0.15) is 11.1 Å². The smallest absolute Gasteiger partial charge is 0.134 e. The van der Waals surface area contributed by atoms with Gasteiger partial charge in [-0.2, -0.15) is 5.26 Å². The fourth-order valence-electron chi connectivity index (χ4n) is 2.12. The molecule has 0 saturated heterocycles. The molecule has 1 aromatic heterocycles. The number of rotatable bonds is 3. The van der Waals surface area contributed by atoms with Gasteiger partial charge in [0, 0.05) is 19.5 Å². The second kappa shape index (κ2) is 7.66. The summed E-state index contributed by atoms with van der Waals surface area (Å²) in [6, 6.07) is 15.5. The molecule has 0 atom stereocenters. The van der Waals surface area contributed by atoms with Gasteiger partial charge < -0.3 is 0 Å². The second-order valence-corrected chi connectivity index (χ2v) is 7.83. The van der Waals surface area contributed by atoms with Crippen molar-refractivity contribution in [2.75, 3.05) is 0 Å². The van der Waals surface area contributed by atoms with Crippen LogP contribution in [0.3, 0.4) is 0 Å². The summed E-state index contributed by atoms with van der Waals surface area (Å²) < 4.78 is 1.12. The van der Waals surface area contributed by atoms with E-state index in [1.807, 2.05) is 41.8 Å². The first-order valence-corrected chi connectivity index (χ1v) is 9.57. The average molecular weight is 483 g/mol. The average Bonchev–Trinajstić information content (AvgIpc) is 3.02. The van der Waals surface area contributed by atoms with Gasteiger partial charge in [-0.25, -0.2) is 4.98 Å². The Morgan fingerprint density at radius 3 is 2.75 bits per heavy atom. The van der Waals surface area contributed by atoms with Crippen molar-refractivity contribution in [2.45, 2.75) is 0 Å². The highest BCUT2D eigenvalue weighted by Gasteiger charge is 2.12. The molecule has 0 bridgehead atoms. The molecular weight excluding hydrogens is 474 g/mol. The summed E-state index contributed by atoms with van der Waals surface area (Å²) in [6.45, 7) is 0. The van der Waals surface area contributed by atoms with E-state index in [0.29, 0.717) is 20.6 Å². The zero-order valence-electron chi connectivity index (χ0n) is 12.1. The Morgan fingerprint density at radius 2 is 2.04 bits per heavy atom. The molecule has 0 saturated carbocycles. The van der Waals surface area contributed by atoms with Gasteiger partial charge in [-0.1, -0.05) is 35.3 Å². The van der Waals surface area contributed by atoms with Gasteiger partial charge in [0.05, 0.1) is 16.3 Å². The molecule has 6 heteroatoms. The molecule has 0 spiro atoms. The lowest BCUT2D eigenvalue weighted by atomic mass is 10.1. The summed E-state index contributed by atoms with van der Waals surface area (Å²) >= 11 is 15.8. The summed E-state index contributed by atoms with van der Waals surface area (Å²) in [5, 5.41) is 13.2. The minimum absolute atomic E-state index is 0.526. The van der Waals surface area contributed by atoms with E-state index in [0.717, 1.165) is 20.4 Å². The summed E-state index contributed by atoms with van der Waals surface area (Å²) in [5.74, 6) is 0. The zero-order valence-corrected chi connectivity index (χ0v) is 16.6. The third kappa shape index (κ3) is 3.98. The molecule has 0 aliphatic carbocycles. The van der Waals surface area contributed by atoms with E-state index in [-0.39, 0.29) is 0 Å². The van der Waals surface area contributed by atoms with Crippen molar-refractivity contribution in [1.29, 1.82) is 5.26 Å². The summed E-state index contributed by atoms with van der Waals surface area (Å²) in [4.78, 5) is 4.56. The summed E-state index contributed by atoms with van der Waals surface area (Å²) in [7, 11) is 0. The summed E-state index contributed by atoms with van der Waals surface area (Å²) in [5.41, 5.74) is 3.04. The SMILES string of the molecule is N#C/C(=C/c1cccc(I)c1)c1nc(-c2ccc(Cl)cc2Cl)cs1. The van der Waals surface area contributed by atoms with Crippen LogP contribution in [0.25, 0.3) is 22.9 Å². The Labute approximate surface area is 167 Å². The molecule has 1 heterocycles. The molecule has 0 radical (unpaired) electrons. The number of thiazole rings is 1. The van der Waals surface area contributed by atoms with Crippen LogP contribution in [0.2, 0.25) is 10.0 Å². The molecule has 118 valence electrons. The monoisotopic (exact) mass is 482 g/mol. The molecule has 0 aliphatic rings. The molecule has 3 aromatic rings. The van der Waals surface area contributed by atoms with Crippen molar-refractivity contribution < 1.29 is 0 Å². The predicted octanol–water partition coefficient (Wildman–Crippen LogP) is 6.79. The highest BCUT2D eigenvalue weighted by molar-refractivity contribution is 14.1. The molecule has 2 nitrogen and oxygen atoms in total. The van der Waals surface area contributed by atoms with Gasteiger partial charge in [0.2, 0.25) is 0 Å². The molecule has 0 amide bonds. The largest absolute Gasteiger partial charge is 0.235 e. The molecule has 3 rings (SSSR count).